The van der Waals surface area contributed by atoms with E-state index < -0.39 is 35.0 Å². The summed E-state index contributed by atoms with van der Waals surface area (Å²) in [7, 11) is 2.47. The Morgan fingerprint density at radius 1 is 1.24 bits per heavy atom. The summed E-state index contributed by atoms with van der Waals surface area (Å²) in [5.41, 5.74) is 3.42. The van der Waals surface area contributed by atoms with E-state index in [1.807, 2.05) is 0 Å². The first kappa shape index (κ1) is 12.7. The van der Waals surface area contributed by atoms with E-state index in [1.54, 1.807) is 0 Å². The molecule has 8 heteroatoms. The molecule has 3 N–H and O–H groups in total. The topological polar surface area (TPSA) is 124 Å². The van der Waals surface area contributed by atoms with Gasteiger partial charge in [-0.2, -0.15) is 0 Å². The van der Waals surface area contributed by atoms with Crippen LogP contribution >= 0.6 is 0 Å². The summed E-state index contributed by atoms with van der Waals surface area (Å²) in [6, 6.07) is 0. The van der Waals surface area contributed by atoms with Gasteiger partial charge in [-0.1, -0.05) is 0 Å². The van der Waals surface area contributed by atoms with Gasteiger partial charge in [0.05, 0.1) is 0 Å². The Kier molecular flexibility index (Phi) is 3.16. The average molecular weight is 241 g/mol. The number of carboxylic acids is 1. The predicted octanol–water partition coefficient (Wildman–Crippen LogP) is -1.68. The highest BCUT2D eigenvalue weighted by atomic mass is 16.4. The average Bonchev–Trinajstić information content (AvgIpc) is 2.23. The lowest BCUT2D eigenvalue weighted by Crippen LogP contribution is -2.41. The number of carboxylic acid groups (broad SMARTS) is 1. The summed E-state index contributed by atoms with van der Waals surface area (Å²) in [6.45, 7) is 0. The summed E-state index contributed by atoms with van der Waals surface area (Å²) in [4.78, 5) is 45.0. The zero-order valence-electron chi connectivity index (χ0n) is 9.26. The number of anilines is 1. The van der Waals surface area contributed by atoms with Crippen molar-refractivity contribution in [1.29, 1.82) is 0 Å². The fourth-order valence-corrected chi connectivity index (χ4v) is 1.35. The zero-order valence-corrected chi connectivity index (χ0v) is 9.26. The van der Waals surface area contributed by atoms with Crippen LogP contribution in [0.25, 0.3) is 0 Å². The molecule has 0 aliphatic heterocycles. The maximum absolute atomic E-state index is 11.6. The fraction of sp³-hybridized carbons (Fsp3) is 0.333. The zero-order chi connectivity index (χ0) is 13.3. The summed E-state index contributed by atoms with van der Waals surface area (Å²) < 4.78 is 1.61. The molecule has 0 aliphatic carbocycles. The van der Waals surface area contributed by atoms with Crippen molar-refractivity contribution in [1.82, 2.24) is 9.13 Å². The van der Waals surface area contributed by atoms with Crippen LogP contribution in [-0.2, 0) is 18.9 Å². The third-order valence-corrected chi connectivity index (χ3v) is 2.30. The standard InChI is InChI=1S/C9H11N3O5/c1-11-7(10)6(4(13)3-5(14)15)8(16)12(2)9(11)17/h3,10H2,1-2H3,(H,14,15). The van der Waals surface area contributed by atoms with Gasteiger partial charge in [-0.15, -0.1) is 0 Å². The number of ketones is 1. The van der Waals surface area contributed by atoms with Crippen molar-refractivity contribution in [2.75, 3.05) is 5.73 Å². The van der Waals surface area contributed by atoms with E-state index in [0.29, 0.717) is 4.57 Å². The van der Waals surface area contributed by atoms with Gasteiger partial charge in [-0.25, -0.2) is 4.79 Å². The molecule has 0 saturated carbocycles. The molecule has 0 fully saturated rings. The highest BCUT2D eigenvalue weighted by Gasteiger charge is 2.21. The van der Waals surface area contributed by atoms with E-state index in [1.165, 1.54) is 14.1 Å². The monoisotopic (exact) mass is 241 g/mol. The van der Waals surface area contributed by atoms with Crippen LogP contribution in [0.3, 0.4) is 0 Å². The van der Waals surface area contributed by atoms with Crippen LogP contribution in [-0.4, -0.2) is 26.0 Å². The minimum Gasteiger partial charge on any atom is -0.481 e. The molecule has 0 aromatic carbocycles. The molecule has 1 heterocycles. The van der Waals surface area contributed by atoms with Gasteiger partial charge in [0.25, 0.3) is 5.56 Å². The third-order valence-electron chi connectivity index (χ3n) is 2.30. The fourth-order valence-electron chi connectivity index (χ4n) is 1.35. The molecule has 92 valence electrons. The van der Waals surface area contributed by atoms with Gasteiger partial charge in [0, 0.05) is 14.1 Å². The molecule has 1 rings (SSSR count). The van der Waals surface area contributed by atoms with Crippen LogP contribution < -0.4 is 17.0 Å². The lowest BCUT2D eigenvalue weighted by Gasteiger charge is -2.09. The normalized spacial score (nSPS) is 10.2. The molecule has 0 amide bonds. The van der Waals surface area contributed by atoms with E-state index in [-0.39, 0.29) is 5.82 Å². The number of rotatable bonds is 3. The second-order valence-electron chi connectivity index (χ2n) is 3.46. The first-order chi connectivity index (χ1) is 7.77. The largest absolute Gasteiger partial charge is 0.481 e. The van der Waals surface area contributed by atoms with E-state index in [2.05, 4.69) is 0 Å². The number of carbonyl (C=O) groups excluding carboxylic acids is 1. The molecule has 0 spiro atoms. The first-order valence-corrected chi connectivity index (χ1v) is 4.57. The van der Waals surface area contributed by atoms with Crippen molar-refractivity contribution in [3.05, 3.63) is 26.4 Å². The van der Waals surface area contributed by atoms with Crippen molar-refractivity contribution >= 4 is 17.6 Å². The summed E-state index contributed by atoms with van der Waals surface area (Å²) >= 11 is 0. The number of hydrogen-bond donors (Lipinski definition) is 2. The number of nitrogens with zero attached hydrogens (tertiary/aromatic N) is 2. The number of aromatic nitrogens is 2. The van der Waals surface area contributed by atoms with Gasteiger partial charge in [0.1, 0.15) is 17.8 Å². The quantitative estimate of drug-likeness (QED) is 0.481. The smallest absolute Gasteiger partial charge is 0.332 e. The molecule has 0 bridgehead atoms. The molecule has 0 unspecified atom stereocenters. The Morgan fingerprint density at radius 3 is 2.24 bits per heavy atom. The molecule has 0 atom stereocenters. The predicted molar refractivity (Wildman–Crippen MR) is 57.9 cm³/mol. The number of aliphatic carboxylic acids is 1. The van der Waals surface area contributed by atoms with E-state index in [0.717, 1.165) is 4.57 Å². The van der Waals surface area contributed by atoms with Crippen molar-refractivity contribution in [3.63, 3.8) is 0 Å². The Bertz CT molecular complexity index is 610. The van der Waals surface area contributed by atoms with Gasteiger partial charge in [0.15, 0.2) is 5.78 Å². The Labute approximate surface area is 94.9 Å². The summed E-state index contributed by atoms with van der Waals surface area (Å²) in [5.74, 6) is -2.62. The Balaban J connectivity index is 3.56. The lowest BCUT2D eigenvalue weighted by atomic mass is 10.1. The van der Waals surface area contributed by atoms with E-state index in [4.69, 9.17) is 10.8 Å². The highest BCUT2D eigenvalue weighted by Crippen LogP contribution is 2.05. The number of nitrogen functional groups attached to an aromatic ring is 1. The van der Waals surface area contributed by atoms with Gasteiger partial charge in [0.2, 0.25) is 0 Å². The van der Waals surface area contributed by atoms with Gasteiger partial charge in [-0.3, -0.25) is 23.5 Å². The molecule has 0 radical (unpaired) electrons. The maximum Gasteiger partial charge on any atom is 0.332 e. The number of hydrogen-bond acceptors (Lipinski definition) is 5. The SMILES string of the molecule is Cn1c(N)c(C(=O)CC(=O)O)c(=O)n(C)c1=O. The number of nitrogens with two attached hydrogens (primary N) is 1. The summed E-state index contributed by atoms with van der Waals surface area (Å²) in [6.07, 6.45) is -0.850. The van der Waals surface area contributed by atoms with Crippen LogP contribution in [0, 0.1) is 0 Å². The molecule has 8 nitrogen and oxygen atoms in total. The molecule has 0 aliphatic rings. The minimum atomic E-state index is -1.37. The molecular weight excluding hydrogens is 230 g/mol. The van der Waals surface area contributed by atoms with E-state index in [9.17, 15) is 19.2 Å². The van der Waals surface area contributed by atoms with Gasteiger partial charge < -0.3 is 10.8 Å². The minimum absolute atomic E-state index is 0.329. The highest BCUT2D eigenvalue weighted by molar-refractivity contribution is 6.07. The number of carbonyl (C=O) groups is 2. The molecule has 0 saturated heterocycles. The van der Waals surface area contributed by atoms with Gasteiger partial charge >= 0.3 is 11.7 Å². The van der Waals surface area contributed by atoms with Crippen LogP contribution in [0.1, 0.15) is 16.8 Å². The Morgan fingerprint density at radius 2 is 1.76 bits per heavy atom. The van der Waals surface area contributed by atoms with Crippen LogP contribution in [0.5, 0.6) is 0 Å². The van der Waals surface area contributed by atoms with Crippen molar-refractivity contribution in [2.45, 2.75) is 6.42 Å². The van der Waals surface area contributed by atoms with Gasteiger partial charge in [-0.05, 0) is 0 Å². The Hall–Kier alpha value is -2.38. The number of Topliss-reactive ketones (excluding diaryl/α,β-unsaturated/α-hetero) is 1. The van der Waals surface area contributed by atoms with Crippen LogP contribution in [0.15, 0.2) is 9.59 Å². The molecule has 17 heavy (non-hydrogen) atoms. The first-order valence-electron chi connectivity index (χ1n) is 4.57. The molecule has 1 aromatic rings. The summed E-state index contributed by atoms with van der Waals surface area (Å²) in [5, 5.41) is 8.48. The van der Waals surface area contributed by atoms with E-state index >= 15 is 0 Å². The van der Waals surface area contributed by atoms with Crippen LogP contribution in [0.2, 0.25) is 0 Å². The molecular formula is C9H11N3O5. The van der Waals surface area contributed by atoms with Crippen molar-refractivity contribution in [2.24, 2.45) is 14.1 Å². The van der Waals surface area contributed by atoms with Crippen molar-refractivity contribution < 1.29 is 14.7 Å². The molecule has 1 aromatic heterocycles. The second-order valence-corrected chi connectivity index (χ2v) is 3.46. The van der Waals surface area contributed by atoms with Crippen LogP contribution in [0.4, 0.5) is 5.82 Å². The maximum atomic E-state index is 11.6. The van der Waals surface area contributed by atoms with Crippen molar-refractivity contribution in [3.8, 4) is 0 Å². The third kappa shape index (κ3) is 2.10. The second kappa shape index (κ2) is 4.24. The lowest BCUT2D eigenvalue weighted by molar-refractivity contribution is -0.135.